The first-order chi connectivity index (χ1) is 11.0. The second kappa shape index (κ2) is 7.21. The molecule has 1 N–H and O–H groups in total. The molecule has 1 heterocycles. The predicted molar refractivity (Wildman–Crippen MR) is 81.2 cm³/mol. The normalized spacial score (nSPS) is 12.0. The number of methoxy groups -OCH3 is 1. The zero-order valence-corrected chi connectivity index (χ0v) is 13.3. The summed E-state index contributed by atoms with van der Waals surface area (Å²) in [5.74, 6) is -2.43. The highest BCUT2D eigenvalue weighted by molar-refractivity contribution is 5.97. The van der Waals surface area contributed by atoms with E-state index in [1.807, 2.05) is 6.92 Å². The molecule has 124 valence electrons. The summed E-state index contributed by atoms with van der Waals surface area (Å²) in [5, 5.41) is 2.71. The van der Waals surface area contributed by atoms with Gasteiger partial charge in [-0.25, -0.2) is 13.8 Å². The molecule has 0 saturated heterocycles. The van der Waals surface area contributed by atoms with Crippen molar-refractivity contribution in [1.29, 1.82) is 0 Å². The van der Waals surface area contributed by atoms with Crippen molar-refractivity contribution in [3.8, 4) is 5.75 Å². The second-order valence-electron chi connectivity index (χ2n) is 5.15. The monoisotopic (exact) mass is 323 g/mol. The van der Waals surface area contributed by atoms with Crippen molar-refractivity contribution in [1.82, 2.24) is 14.9 Å². The van der Waals surface area contributed by atoms with Gasteiger partial charge in [0.15, 0.2) is 11.6 Å². The van der Waals surface area contributed by atoms with Crippen LogP contribution >= 0.6 is 0 Å². The Balaban J connectivity index is 2.33. The Kier molecular flexibility index (Phi) is 5.31. The van der Waals surface area contributed by atoms with E-state index in [-0.39, 0.29) is 5.75 Å². The van der Waals surface area contributed by atoms with E-state index in [1.54, 1.807) is 24.0 Å². The summed E-state index contributed by atoms with van der Waals surface area (Å²) in [6.07, 6.45) is 4.79. The van der Waals surface area contributed by atoms with Crippen LogP contribution in [0.3, 0.4) is 0 Å². The van der Waals surface area contributed by atoms with E-state index in [2.05, 4.69) is 10.3 Å². The molecule has 23 heavy (non-hydrogen) atoms. The highest BCUT2D eigenvalue weighted by atomic mass is 19.2. The first-order valence-electron chi connectivity index (χ1n) is 7.29. The third-order valence-electron chi connectivity index (χ3n) is 3.56. The van der Waals surface area contributed by atoms with E-state index in [0.717, 1.165) is 12.5 Å². The lowest BCUT2D eigenvalue weighted by Gasteiger charge is -2.19. The molecule has 0 aliphatic carbocycles. The number of imidazole rings is 1. The van der Waals surface area contributed by atoms with Crippen molar-refractivity contribution in [2.75, 3.05) is 7.11 Å². The summed E-state index contributed by atoms with van der Waals surface area (Å²) in [5.41, 5.74) is -0.442. The van der Waals surface area contributed by atoms with Crippen molar-refractivity contribution in [3.63, 3.8) is 0 Å². The van der Waals surface area contributed by atoms with Gasteiger partial charge in [0.05, 0.1) is 13.2 Å². The zero-order chi connectivity index (χ0) is 17.0. The van der Waals surface area contributed by atoms with Crippen LogP contribution in [-0.2, 0) is 7.05 Å². The fourth-order valence-corrected chi connectivity index (χ4v) is 2.41. The van der Waals surface area contributed by atoms with Crippen LogP contribution in [0.4, 0.5) is 8.78 Å². The van der Waals surface area contributed by atoms with Crippen molar-refractivity contribution in [2.24, 2.45) is 7.05 Å². The minimum absolute atomic E-state index is 0.0171. The van der Waals surface area contributed by atoms with Crippen LogP contribution in [0.25, 0.3) is 0 Å². The average molecular weight is 323 g/mol. The van der Waals surface area contributed by atoms with Crippen LogP contribution in [0.5, 0.6) is 5.75 Å². The predicted octanol–water partition coefficient (Wildman–Crippen LogP) is 2.98. The van der Waals surface area contributed by atoms with E-state index in [4.69, 9.17) is 4.74 Å². The van der Waals surface area contributed by atoms with Gasteiger partial charge in [0.2, 0.25) is 0 Å². The van der Waals surface area contributed by atoms with E-state index < -0.39 is 29.1 Å². The molecular weight excluding hydrogens is 304 g/mol. The Labute approximate surface area is 133 Å². The summed E-state index contributed by atoms with van der Waals surface area (Å²) < 4.78 is 34.2. The van der Waals surface area contributed by atoms with E-state index in [1.165, 1.54) is 13.2 Å². The number of halogens is 2. The molecule has 0 aliphatic rings. The van der Waals surface area contributed by atoms with Crippen LogP contribution in [0.1, 0.15) is 42.0 Å². The molecule has 0 spiro atoms. The Morgan fingerprint density at radius 2 is 2.17 bits per heavy atom. The summed E-state index contributed by atoms with van der Waals surface area (Å²) in [7, 11) is 3.10. The van der Waals surface area contributed by atoms with Crippen LogP contribution in [0.15, 0.2) is 24.5 Å². The second-order valence-corrected chi connectivity index (χ2v) is 5.15. The Bertz CT molecular complexity index is 701. The summed E-state index contributed by atoms with van der Waals surface area (Å²) in [4.78, 5) is 16.7. The minimum atomic E-state index is -1.23. The van der Waals surface area contributed by atoms with E-state index in [0.29, 0.717) is 12.2 Å². The van der Waals surface area contributed by atoms with Gasteiger partial charge in [-0.05, 0) is 18.6 Å². The molecule has 1 amide bonds. The third kappa shape index (κ3) is 3.49. The number of ether oxygens (including phenoxy) is 1. The molecule has 0 fully saturated rings. The van der Waals surface area contributed by atoms with Gasteiger partial charge in [0.25, 0.3) is 5.91 Å². The molecule has 7 heteroatoms. The Morgan fingerprint density at radius 1 is 1.43 bits per heavy atom. The van der Waals surface area contributed by atoms with Crippen molar-refractivity contribution < 1.29 is 18.3 Å². The highest BCUT2D eigenvalue weighted by Crippen LogP contribution is 2.25. The highest BCUT2D eigenvalue weighted by Gasteiger charge is 2.25. The Morgan fingerprint density at radius 3 is 2.74 bits per heavy atom. The number of benzene rings is 1. The van der Waals surface area contributed by atoms with Gasteiger partial charge in [0.1, 0.15) is 17.1 Å². The van der Waals surface area contributed by atoms with Gasteiger partial charge in [0, 0.05) is 19.4 Å². The maximum absolute atomic E-state index is 14.0. The molecule has 0 unspecified atom stereocenters. The van der Waals surface area contributed by atoms with Crippen molar-refractivity contribution >= 4 is 5.91 Å². The van der Waals surface area contributed by atoms with Crippen molar-refractivity contribution in [2.45, 2.75) is 25.8 Å². The number of carbonyl (C=O) groups is 1. The number of nitrogens with zero attached hydrogens (tertiary/aromatic N) is 2. The van der Waals surface area contributed by atoms with Crippen LogP contribution in [-0.4, -0.2) is 22.6 Å². The third-order valence-corrected chi connectivity index (χ3v) is 3.56. The molecule has 2 rings (SSSR count). The molecule has 0 radical (unpaired) electrons. The van der Waals surface area contributed by atoms with Gasteiger partial charge in [-0.15, -0.1) is 0 Å². The maximum atomic E-state index is 14.0. The van der Waals surface area contributed by atoms with Gasteiger partial charge in [-0.1, -0.05) is 13.3 Å². The topological polar surface area (TPSA) is 56.1 Å². The number of aryl methyl sites for hydroxylation is 1. The molecule has 5 nitrogen and oxygen atoms in total. The number of rotatable bonds is 6. The fraction of sp³-hybridized carbons (Fsp3) is 0.375. The smallest absolute Gasteiger partial charge is 0.258 e. The number of aromatic nitrogens is 2. The van der Waals surface area contributed by atoms with E-state index in [9.17, 15) is 13.6 Å². The van der Waals surface area contributed by atoms with E-state index >= 15 is 0 Å². The largest absolute Gasteiger partial charge is 0.496 e. The van der Waals surface area contributed by atoms with Crippen LogP contribution in [0, 0.1) is 11.6 Å². The summed E-state index contributed by atoms with van der Waals surface area (Å²) in [6, 6.07) is 1.75. The SMILES string of the molecule is CCC[C@H](NC(=O)c1c(OC)ccc(F)c1F)c1nccn1C. The molecule has 0 aliphatic heterocycles. The summed E-state index contributed by atoms with van der Waals surface area (Å²) in [6.45, 7) is 1.96. The van der Waals surface area contributed by atoms with Gasteiger partial charge in [-0.2, -0.15) is 0 Å². The Hall–Kier alpha value is -2.44. The van der Waals surface area contributed by atoms with Gasteiger partial charge < -0.3 is 14.6 Å². The van der Waals surface area contributed by atoms with Crippen LogP contribution in [0.2, 0.25) is 0 Å². The molecule has 1 aromatic heterocycles. The number of hydrogen-bond donors (Lipinski definition) is 1. The quantitative estimate of drug-likeness (QED) is 0.889. The van der Waals surface area contributed by atoms with Crippen LogP contribution < -0.4 is 10.1 Å². The van der Waals surface area contributed by atoms with Gasteiger partial charge in [-0.3, -0.25) is 4.79 Å². The minimum Gasteiger partial charge on any atom is -0.496 e. The number of amides is 1. The molecular formula is C16H19F2N3O2. The standard InChI is InChI=1S/C16H19F2N3O2/c1-4-5-11(15-19-8-9-21(15)2)20-16(22)13-12(23-3)7-6-10(17)14(13)18/h6-9,11H,4-5H2,1-3H3,(H,20,22)/t11-/m0/s1. The number of hydrogen-bond acceptors (Lipinski definition) is 3. The lowest BCUT2D eigenvalue weighted by Crippen LogP contribution is -2.31. The van der Waals surface area contributed by atoms with Crippen molar-refractivity contribution in [3.05, 3.63) is 47.5 Å². The first kappa shape index (κ1) is 16.9. The fourth-order valence-electron chi connectivity index (χ4n) is 2.41. The molecule has 1 atom stereocenters. The van der Waals surface area contributed by atoms with Gasteiger partial charge >= 0.3 is 0 Å². The lowest BCUT2D eigenvalue weighted by molar-refractivity contribution is 0.0923. The molecule has 0 saturated carbocycles. The average Bonchev–Trinajstić information content (AvgIpc) is 2.95. The number of nitrogens with one attached hydrogen (secondary N) is 1. The molecule has 0 bridgehead atoms. The molecule has 1 aromatic carbocycles. The zero-order valence-electron chi connectivity index (χ0n) is 13.3. The first-order valence-corrected chi connectivity index (χ1v) is 7.29. The lowest BCUT2D eigenvalue weighted by atomic mass is 10.1. The number of carbonyl (C=O) groups excluding carboxylic acids is 1. The summed E-state index contributed by atoms with van der Waals surface area (Å²) >= 11 is 0. The molecule has 2 aromatic rings. The maximum Gasteiger partial charge on any atom is 0.258 e.